The molecule has 1 nitrogen and oxygen atoms in total. The van der Waals surface area contributed by atoms with E-state index in [1.807, 2.05) is 13.0 Å². The molecule has 0 saturated carbocycles. The average Bonchev–Trinajstić information content (AvgIpc) is 1.95. The summed E-state index contributed by atoms with van der Waals surface area (Å²) in [6.07, 6.45) is 2.37. The molecule has 0 saturated heterocycles. The predicted octanol–water partition coefficient (Wildman–Crippen LogP) is 2.09. The Morgan fingerprint density at radius 1 is 1.60 bits per heavy atom. The van der Waals surface area contributed by atoms with Crippen molar-refractivity contribution in [3.05, 3.63) is 29.3 Å². The molecule has 0 fully saturated rings. The third-order valence-corrected chi connectivity index (χ3v) is 1.64. The highest BCUT2D eigenvalue weighted by Crippen LogP contribution is 2.09. The quantitative estimate of drug-likeness (QED) is 0.543. The fraction of sp³-hybridized carbons (Fsp3) is 0.375. The van der Waals surface area contributed by atoms with Gasteiger partial charge in [-0.3, -0.25) is 0 Å². The van der Waals surface area contributed by atoms with Gasteiger partial charge in [-0.2, -0.15) is 4.39 Å². The third-order valence-electron chi connectivity index (χ3n) is 1.64. The van der Waals surface area contributed by atoms with E-state index in [1.165, 1.54) is 6.20 Å². The first-order valence-corrected chi connectivity index (χ1v) is 3.35. The van der Waals surface area contributed by atoms with Gasteiger partial charge in [-0.05, 0) is 25.0 Å². The number of hydrogen-bond donors (Lipinski definition) is 0. The van der Waals surface area contributed by atoms with E-state index in [9.17, 15) is 4.39 Å². The van der Waals surface area contributed by atoms with Crippen molar-refractivity contribution in [1.29, 1.82) is 0 Å². The molecule has 1 rings (SSSR count). The van der Waals surface area contributed by atoms with E-state index in [-0.39, 0.29) is 5.95 Å². The minimum Gasteiger partial charge on any atom is -0.228 e. The Hall–Kier alpha value is -0.920. The van der Waals surface area contributed by atoms with Crippen LogP contribution in [0.4, 0.5) is 4.39 Å². The van der Waals surface area contributed by atoms with Crippen molar-refractivity contribution in [3.63, 3.8) is 0 Å². The van der Waals surface area contributed by atoms with Crippen LogP contribution in [0.2, 0.25) is 0 Å². The maximum atomic E-state index is 12.7. The van der Waals surface area contributed by atoms with Gasteiger partial charge in [0.25, 0.3) is 0 Å². The first-order chi connectivity index (χ1) is 4.75. The lowest BCUT2D eigenvalue weighted by Crippen LogP contribution is -1.92. The molecule has 54 valence electrons. The Labute approximate surface area is 59.9 Å². The minimum atomic E-state index is -0.348. The zero-order valence-corrected chi connectivity index (χ0v) is 6.19. The van der Waals surface area contributed by atoms with Crippen LogP contribution >= 0.6 is 0 Å². The Kier molecular flexibility index (Phi) is 2.00. The standard InChI is InChI=1S/C8H10FN/c1-3-7-4-5-10-8(9)6(7)2/h4-5H,3H2,1-2H3. The van der Waals surface area contributed by atoms with Crippen LogP contribution in [0.3, 0.4) is 0 Å². The number of rotatable bonds is 1. The monoisotopic (exact) mass is 139 g/mol. The van der Waals surface area contributed by atoms with Crippen LogP contribution in [0.1, 0.15) is 18.1 Å². The largest absolute Gasteiger partial charge is 0.228 e. The lowest BCUT2D eigenvalue weighted by atomic mass is 10.1. The van der Waals surface area contributed by atoms with Crippen LogP contribution in [-0.4, -0.2) is 4.98 Å². The molecule has 0 aliphatic carbocycles. The summed E-state index contributed by atoms with van der Waals surface area (Å²) in [7, 11) is 0. The lowest BCUT2D eigenvalue weighted by Gasteiger charge is -2.00. The summed E-state index contributed by atoms with van der Waals surface area (Å²) in [5.41, 5.74) is 1.71. The van der Waals surface area contributed by atoms with Gasteiger partial charge >= 0.3 is 0 Å². The average molecular weight is 139 g/mol. The Bertz CT molecular complexity index is 233. The molecule has 0 atom stereocenters. The molecule has 0 N–H and O–H groups in total. The Balaban J connectivity index is 3.14. The van der Waals surface area contributed by atoms with Gasteiger partial charge in [0.1, 0.15) is 0 Å². The number of aromatic nitrogens is 1. The van der Waals surface area contributed by atoms with Crippen LogP contribution in [0.15, 0.2) is 12.3 Å². The van der Waals surface area contributed by atoms with Gasteiger partial charge in [-0.25, -0.2) is 4.98 Å². The van der Waals surface area contributed by atoms with Gasteiger partial charge in [0.05, 0.1) is 0 Å². The van der Waals surface area contributed by atoms with Gasteiger partial charge in [-0.15, -0.1) is 0 Å². The zero-order valence-electron chi connectivity index (χ0n) is 6.19. The maximum absolute atomic E-state index is 12.7. The molecule has 0 amide bonds. The van der Waals surface area contributed by atoms with Gasteiger partial charge in [-0.1, -0.05) is 6.92 Å². The van der Waals surface area contributed by atoms with Crippen molar-refractivity contribution in [2.75, 3.05) is 0 Å². The molecule has 1 heterocycles. The van der Waals surface area contributed by atoms with E-state index in [4.69, 9.17) is 0 Å². The fourth-order valence-electron chi connectivity index (χ4n) is 0.930. The summed E-state index contributed by atoms with van der Waals surface area (Å²) in [4.78, 5) is 3.52. The predicted molar refractivity (Wildman–Crippen MR) is 38.3 cm³/mol. The fourth-order valence-corrected chi connectivity index (χ4v) is 0.930. The van der Waals surface area contributed by atoms with Gasteiger partial charge in [0, 0.05) is 11.8 Å². The number of hydrogen-bond acceptors (Lipinski definition) is 1. The molecule has 2 heteroatoms. The van der Waals surface area contributed by atoms with E-state index in [2.05, 4.69) is 4.98 Å². The van der Waals surface area contributed by atoms with Gasteiger partial charge in [0.15, 0.2) is 0 Å². The molecule has 1 aromatic heterocycles. The lowest BCUT2D eigenvalue weighted by molar-refractivity contribution is 0.571. The van der Waals surface area contributed by atoms with Gasteiger partial charge in [0.2, 0.25) is 5.95 Å². The first-order valence-electron chi connectivity index (χ1n) is 3.35. The Morgan fingerprint density at radius 3 is 2.80 bits per heavy atom. The summed E-state index contributed by atoms with van der Waals surface area (Å²) in [5, 5.41) is 0. The summed E-state index contributed by atoms with van der Waals surface area (Å²) in [6.45, 7) is 3.75. The van der Waals surface area contributed by atoms with E-state index in [1.54, 1.807) is 6.92 Å². The van der Waals surface area contributed by atoms with Crippen molar-refractivity contribution in [2.45, 2.75) is 20.3 Å². The second-order valence-electron chi connectivity index (χ2n) is 2.24. The number of pyridine rings is 1. The van der Waals surface area contributed by atoms with Crippen LogP contribution in [0.25, 0.3) is 0 Å². The van der Waals surface area contributed by atoms with Crippen molar-refractivity contribution >= 4 is 0 Å². The third kappa shape index (κ3) is 1.15. The van der Waals surface area contributed by atoms with Crippen molar-refractivity contribution < 1.29 is 4.39 Å². The van der Waals surface area contributed by atoms with E-state index in [0.717, 1.165) is 12.0 Å². The van der Waals surface area contributed by atoms with E-state index in [0.29, 0.717) is 5.56 Å². The zero-order chi connectivity index (χ0) is 7.56. The molecular weight excluding hydrogens is 129 g/mol. The van der Waals surface area contributed by atoms with E-state index < -0.39 is 0 Å². The highest BCUT2D eigenvalue weighted by Gasteiger charge is 2.00. The van der Waals surface area contributed by atoms with Crippen molar-refractivity contribution in [3.8, 4) is 0 Å². The molecule has 0 aromatic carbocycles. The molecular formula is C8H10FN. The first kappa shape index (κ1) is 7.19. The minimum absolute atomic E-state index is 0.348. The molecule has 0 bridgehead atoms. The van der Waals surface area contributed by atoms with E-state index >= 15 is 0 Å². The Morgan fingerprint density at radius 2 is 2.30 bits per heavy atom. The SMILES string of the molecule is CCc1ccnc(F)c1C. The van der Waals surface area contributed by atoms with Crippen molar-refractivity contribution in [2.24, 2.45) is 0 Å². The maximum Gasteiger partial charge on any atom is 0.216 e. The highest BCUT2D eigenvalue weighted by atomic mass is 19.1. The molecule has 0 spiro atoms. The van der Waals surface area contributed by atoms with Crippen LogP contribution in [0.5, 0.6) is 0 Å². The molecule has 1 aromatic rings. The highest BCUT2D eigenvalue weighted by molar-refractivity contribution is 5.22. The summed E-state index contributed by atoms with van der Waals surface area (Å²) >= 11 is 0. The number of nitrogens with zero attached hydrogens (tertiary/aromatic N) is 1. The molecule has 0 aliphatic heterocycles. The number of aryl methyl sites for hydroxylation is 1. The second-order valence-corrected chi connectivity index (χ2v) is 2.24. The smallest absolute Gasteiger partial charge is 0.216 e. The molecule has 0 unspecified atom stereocenters. The topological polar surface area (TPSA) is 12.9 Å². The van der Waals surface area contributed by atoms with Crippen molar-refractivity contribution in [1.82, 2.24) is 4.98 Å². The second kappa shape index (κ2) is 2.78. The normalized spacial score (nSPS) is 9.90. The van der Waals surface area contributed by atoms with Crippen LogP contribution in [0, 0.1) is 12.9 Å². The summed E-state index contributed by atoms with van der Waals surface area (Å²) in [5.74, 6) is -0.348. The molecule has 0 aliphatic rings. The molecule has 10 heavy (non-hydrogen) atoms. The summed E-state index contributed by atoms with van der Waals surface area (Å²) < 4.78 is 12.7. The van der Waals surface area contributed by atoms with Crippen LogP contribution in [-0.2, 0) is 6.42 Å². The summed E-state index contributed by atoms with van der Waals surface area (Å²) in [6, 6.07) is 1.85. The van der Waals surface area contributed by atoms with Gasteiger partial charge < -0.3 is 0 Å². The van der Waals surface area contributed by atoms with Crippen LogP contribution < -0.4 is 0 Å². The number of halogens is 1. The molecule has 0 radical (unpaired) electrons.